The molecule has 0 saturated carbocycles. The molecule has 1 aliphatic heterocycles. The van der Waals surface area contributed by atoms with Crippen LogP contribution in [0.25, 0.3) is 11.0 Å². The van der Waals surface area contributed by atoms with Gasteiger partial charge in [0.1, 0.15) is 24.3 Å². The van der Waals surface area contributed by atoms with E-state index in [1.165, 1.54) is 10.9 Å². The molecule has 1 fully saturated rings. The molecule has 3 N–H and O–H groups in total. The molecular weight excluding hydrogens is 520 g/mol. The Morgan fingerprint density at radius 3 is 2.72 bits per heavy atom. The largest absolute Gasteiger partial charge is 0.494 e. The number of nitrogens with one attached hydrogen (secondary N) is 1. The number of fused-ring (bicyclic) bond motifs is 1. The van der Waals surface area contributed by atoms with Crippen molar-refractivity contribution in [2.75, 3.05) is 43.5 Å². The molecule has 208 valence electrons. The summed E-state index contributed by atoms with van der Waals surface area (Å²) in [4.78, 5) is 38.1. The van der Waals surface area contributed by atoms with Gasteiger partial charge in [0.2, 0.25) is 5.91 Å². The quantitative estimate of drug-likeness (QED) is 0.382. The number of likely N-dealkylation sites (N-methyl/N-ethyl adjacent to an activating group) is 1. The molecule has 0 bridgehead atoms. The smallest absolute Gasteiger partial charge is 0.331 e. The first-order chi connectivity index (χ1) is 18.4. The van der Waals surface area contributed by atoms with Gasteiger partial charge >= 0.3 is 6.03 Å². The average molecular weight is 555 g/mol. The summed E-state index contributed by atoms with van der Waals surface area (Å²) in [5.41, 5.74) is 6.63. The number of unbranched alkanes of at least 4 members (excludes halogenated alkanes) is 1. The zero-order valence-electron chi connectivity index (χ0n) is 22.2. The van der Waals surface area contributed by atoms with Gasteiger partial charge in [-0.05, 0) is 62.1 Å². The zero-order valence-corrected chi connectivity index (χ0v) is 23.1. The Kier molecular flexibility index (Phi) is 10.5. The van der Waals surface area contributed by atoms with Crippen LogP contribution in [0.5, 0.6) is 5.75 Å². The van der Waals surface area contributed by atoms with Crippen molar-refractivity contribution in [1.82, 2.24) is 19.4 Å². The van der Waals surface area contributed by atoms with Gasteiger partial charge < -0.3 is 25.6 Å². The Morgan fingerprint density at radius 2 is 2.00 bits per heavy atom. The third-order valence-corrected chi connectivity index (χ3v) is 6.99. The number of hydrogen-bond acceptors (Lipinski definition) is 8. The molecule has 12 heteroatoms. The molecule has 4 rings (SSSR count). The van der Waals surface area contributed by atoms with E-state index in [-0.39, 0.29) is 36.8 Å². The second kappa shape index (κ2) is 13.8. The second-order valence-electron chi connectivity index (χ2n) is 9.54. The van der Waals surface area contributed by atoms with Crippen LogP contribution in [0.2, 0.25) is 0 Å². The minimum Gasteiger partial charge on any atom is -0.494 e. The molecule has 0 spiro atoms. The van der Waals surface area contributed by atoms with Gasteiger partial charge in [-0.2, -0.15) is 5.26 Å². The van der Waals surface area contributed by atoms with E-state index in [9.17, 15) is 9.59 Å². The van der Waals surface area contributed by atoms with Gasteiger partial charge in [0.05, 0.1) is 24.1 Å². The van der Waals surface area contributed by atoms with E-state index in [4.69, 9.17) is 15.7 Å². The van der Waals surface area contributed by atoms with Crippen LogP contribution in [0.3, 0.4) is 0 Å². The first kappa shape index (κ1) is 29.7. The number of carbonyl (C=O) groups excluding carboxylic acids is 2. The van der Waals surface area contributed by atoms with Gasteiger partial charge in [-0.25, -0.2) is 14.8 Å². The van der Waals surface area contributed by atoms with Gasteiger partial charge in [-0.1, -0.05) is 6.92 Å². The van der Waals surface area contributed by atoms with Gasteiger partial charge in [-0.15, -0.1) is 12.4 Å². The number of hydrogen-bond donors (Lipinski definition) is 2. The fourth-order valence-corrected chi connectivity index (χ4v) is 4.75. The van der Waals surface area contributed by atoms with Crippen molar-refractivity contribution in [3.05, 3.63) is 42.9 Å². The van der Waals surface area contributed by atoms with Gasteiger partial charge in [0, 0.05) is 32.0 Å². The average Bonchev–Trinajstić information content (AvgIpc) is 3.37. The van der Waals surface area contributed by atoms with Crippen LogP contribution < -0.4 is 20.7 Å². The van der Waals surface area contributed by atoms with Crippen molar-refractivity contribution in [1.29, 1.82) is 5.26 Å². The SMILES string of the molecule is C[C@@H]1CCN(C(=O)CC#N)C[C@@H]1N(C)c1ncnc2c1ccn2C(=O)Nc1ccc(OCCCCN)cc1.Cl. The number of anilines is 2. The Labute approximate surface area is 234 Å². The molecule has 2 aromatic heterocycles. The van der Waals surface area contributed by atoms with Crippen molar-refractivity contribution in [2.24, 2.45) is 11.7 Å². The maximum atomic E-state index is 13.1. The number of nitrogens with zero attached hydrogens (tertiary/aromatic N) is 6. The van der Waals surface area contributed by atoms with Crippen molar-refractivity contribution < 1.29 is 14.3 Å². The number of carbonyl (C=O) groups is 2. The summed E-state index contributed by atoms with van der Waals surface area (Å²) in [7, 11) is 1.94. The molecule has 1 aromatic carbocycles. The van der Waals surface area contributed by atoms with Crippen molar-refractivity contribution >= 4 is 46.9 Å². The highest BCUT2D eigenvalue weighted by molar-refractivity contribution is 5.99. The highest BCUT2D eigenvalue weighted by Gasteiger charge is 2.32. The molecule has 39 heavy (non-hydrogen) atoms. The molecule has 0 aliphatic carbocycles. The molecule has 0 unspecified atom stereocenters. The molecule has 2 amide bonds. The minimum atomic E-state index is -0.344. The second-order valence-corrected chi connectivity index (χ2v) is 9.54. The summed E-state index contributed by atoms with van der Waals surface area (Å²) < 4.78 is 7.15. The molecule has 3 aromatic rings. The lowest BCUT2D eigenvalue weighted by Crippen LogP contribution is -2.52. The number of ether oxygens (including phenoxy) is 1. The van der Waals surface area contributed by atoms with Crippen LogP contribution in [-0.2, 0) is 4.79 Å². The first-order valence-electron chi connectivity index (χ1n) is 12.9. The Bertz CT molecular complexity index is 1310. The van der Waals surface area contributed by atoms with Crippen molar-refractivity contribution in [3.8, 4) is 11.8 Å². The van der Waals surface area contributed by atoms with Gasteiger partial charge in [0.15, 0.2) is 5.65 Å². The van der Waals surface area contributed by atoms with Crippen molar-refractivity contribution in [2.45, 2.75) is 38.6 Å². The molecular formula is C27H35ClN8O3. The summed E-state index contributed by atoms with van der Waals surface area (Å²) in [6, 6.07) is 10.7. The maximum Gasteiger partial charge on any atom is 0.331 e. The zero-order chi connectivity index (χ0) is 27.1. The number of amides is 2. The lowest BCUT2D eigenvalue weighted by atomic mass is 9.92. The number of benzene rings is 1. The summed E-state index contributed by atoms with van der Waals surface area (Å²) in [5, 5.41) is 12.6. The first-order valence-corrected chi connectivity index (χ1v) is 12.9. The molecule has 2 atom stereocenters. The van der Waals surface area contributed by atoms with Crippen molar-refractivity contribution in [3.63, 3.8) is 0 Å². The molecule has 1 aliphatic rings. The Balaban J connectivity index is 0.00000420. The van der Waals surface area contributed by atoms with Crippen LogP contribution in [0.1, 0.15) is 32.6 Å². The predicted molar refractivity (Wildman–Crippen MR) is 152 cm³/mol. The molecule has 1 saturated heterocycles. The lowest BCUT2D eigenvalue weighted by molar-refractivity contribution is -0.131. The summed E-state index contributed by atoms with van der Waals surface area (Å²) in [6.45, 7) is 4.55. The number of piperidine rings is 1. The third-order valence-electron chi connectivity index (χ3n) is 6.99. The highest BCUT2D eigenvalue weighted by Crippen LogP contribution is 2.30. The number of rotatable bonds is 9. The third kappa shape index (κ3) is 6.96. The summed E-state index contributed by atoms with van der Waals surface area (Å²) >= 11 is 0. The Hall–Kier alpha value is -3.88. The van der Waals surface area contributed by atoms with E-state index in [1.807, 2.05) is 31.3 Å². The van der Waals surface area contributed by atoms with E-state index in [0.29, 0.717) is 49.3 Å². The van der Waals surface area contributed by atoms with Gasteiger partial charge in [-0.3, -0.25) is 9.36 Å². The summed E-state index contributed by atoms with van der Waals surface area (Å²) in [6.07, 6.45) is 5.65. The van der Waals surface area contributed by atoms with Crippen LogP contribution in [0, 0.1) is 17.2 Å². The number of nitriles is 1. The highest BCUT2D eigenvalue weighted by atomic mass is 35.5. The van der Waals surface area contributed by atoms with Crippen LogP contribution >= 0.6 is 12.4 Å². The lowest BCUT2D eigenvalue weighted by Gasteiger charge is -2.42. The number of likely N-dealkylation sites (tertiary alicyclic amines) is 1. The number of halogens is 1. The Morgan fingerprint density at radius 1 is 1.23 bits per heavy atom. The molecule has 11 nitrogen and oxygen atoms in total. The van der Waals surface area contributed by atoms with Gasteiger partial charge in [0.25, 0.3) is 0 Å². The summed E-state index contributed by atoms with van der Waals surface area (Å²) in [5.74, 6) is 1.58. The fourth-order valence-electron chi connectivity index (χ4n) is 4.75. The van der Waals surface area contributed by atoms with E-state index in [1.54, 1.807) is 23.2 Å². The van der Waals surface area contributed by atoms with E-state index < -0.39 is 0 Å². The van der Waals surface area contributed by atoms with E-state index in [0.717, 1.165) is 30.4 Å². The van der Waals surface area contributed by atoms with Crippen LogP contribution in [0.15, 0.2) is 42.9 Å². The molecule has 0 radical (unpaired) electrons. The van der Waals surface area contributed by atoms with Crippen LogP contribution in [0.4, 0.5) is 16.3 Å². The standard InChI is InChI=1S/C27H34N8O3.ClH/c1-19-10-14-34(24(36)9-13-29)17-23(19)33(2)25-22-11-15-35(26(22)31-18-30-25)27(37)32-20-5-7-21(8-6-20)38-16-4-3-12-28;/h5-8,11,15,18-19,23H,3-4,9-10,12,14,16-17,28H2,1-2H3,(H,32,37);1H/t19-,23+;/m1./s1. The number of aromatic nitrogens is 3. The van der Waals surface area contributed by atoms with Crippen LogP contribution in [-0.4, -0.2) is 70.7 Å². The maximum absolute atomic E-state index is 13.1. The fraction of sp³-hybridized carbons (Fsp3) is 0.444. The normalized spacial score (nSPS) is 16.7. The van der Waals surface area contributed by atoms with E-state index >= 15 is 0 Å². The predicted octanol–water partition coefficient (Wildman–Crippen LogP) is 3.64. The monoisotopic (exact) mass is 554 g/mol. The molecule has 3 heterocycles. The topological polar surface area (TPSA) is 142 Å². The number of nitrogens with two attached hydrogens (primary N) is 1. The minimum absolute atomic E-state index is 0. The van der Waals surface area contributed by atoms with E-state index in [2.05, 4.69) is 27.1 Å².